The molecule has 0 bridgehead atoms. The first-order valence-corrected chi connectivity index (χ1v) is 4.35. The Bertz CT molecular complexity index is 464. The van der Waals surface area contributed by atoms with Crippen molar-refractivity contribution in [3.05, 3.63) is 32.7 Å². The molecule has 0 aromatic heterocycles. The summed E-state index contributed by atoms with van der Waals surface area (Å²) in [6.07, 6.45) is 0. The maximum Gasteiger partial charge on any atom is 0.282 e. The van der Waals surface area contributed by atoms with E-state index in [0.717, 1.165) is 0 Å². The van der Waals surface area contributed by atoms with Gasteiger partial charge in [-0.25, -0.2) is 0 Å². The molecule has 1 aliphatic heterocycles. The van der Waals surface area contributed by atoms with Crippen molar-refractivity contribution in [2.45, 2.75) is 0 Å². The lowest BCUT2D eigenvalue weighted by atomic mass is 10.2. The van der Waals surface area contributed by atoms with Gasteiger partial charge in [-0.3, -0.25) is 10.1 Å². The molecular weight excluding hydrogens is 216 g/mol. The van der Waals surface area contributed by atoms with Gasteiger partial charge in [-0.15, -0.1) is 0 Å². The van der Waals surface area contributed by atoms with Crippen molar-refractivity contribution < 1.29 is 14.4 Å². The van der Waals surface area contributed by atoms with Crippen LogP contribution in [0.25, 0.3) is 10.4 Å². The number of nitro groups is 1. The van der Waals surface area contributed by atoms with Crippen LogP contribution in [0.2, 0.25) is 0 Å². The summed E-state index contributed by atoms with van der Waals surface area (Å²) in [6.45, 7) is 0.700. The Morgan fingerprint density at radius 3 is 2.56 bits per heavy atom. The molecule has 8 heteroatoms. The molecule has 0 unspecified atom stereocenters. The van der Waals surface area contributed by atoms with Crippen molar-refractivity contribution >= 4 is 11.4 Å². The van der Waals surface area contributed by atoms with E-state index in [9.17, 15) is 10.1 Å². The summed E-state index contributed by atoms with van der Waals surface area (Å²) in [5.74, 6) is 0.633. The molecule has 2 rings (SSSR count). The van der Waals surface area contributed by atoms with Crippen molar-refractivity contribution in [2.24, 2.45) is 5.11 Å². The van der Waals surface area contributed by atoms with Crippen LogP contribution in [0.15, 0.2) is 17.2 Å². The second-order valence-electron chi connectivity index (χ2n) is 2.93. The number of hydrogen-bond acceptors (Lipinski definition) is 5. The van der Waals surface area contributed by atoms with Crippen LogP contribution < -0.4 is 9.47 Å². The standard InChI is InChI=1S/C8H6N4O4/c9-11-10-5-3-7-8(16-2-1-15-7)4-6(5)12(13)14/h3-4H,1-2H2. The largest absolute Gasteiger partial charge is 0.486 e. The Labute approximate surface area is 89.2 Å². The second-order valence-corrected chi connectivity index (χ2v) is 2.93. The fourth-order valence-electron chi connectivity index (χ4n) is 1.34. The summed E-state index contributed by atoms with van der Waals surface area (Å²) >= 11 is 0. The lowest BCUT2D eigenvalue weighted by molar-refractivity contribution is -0.384. The first-order chi connectivity index (χ1) is 7.72. The zero-order valence-corrected chi connectivity index (χ0v) is 7.99. The zero-order valence-electron chi connectivity index (χ0n) is 7.99. The van der Waals surface area contributed by atoms with E-state index in [1.165, 1.54) is 12.1 Å². The molecule has 0 saturated carbocycles. The number of nitrogens with zero attached hydrogens (tertiary/aromatic N) is 4. The summed E-state index contributed by atoms with van der Waals surface area (Å²) in [4.78, 5) is 12.6. The zero-order chi connectivity index (χ0) is 11.5. The van der Waals surface area contributed by atoms with E-state index in [1.807, 2.05) is 0 Å². The fourth-order valence-corrected chi connectivity index (χ4v) is 1.34. The molecule has 1 aromatic rings. The van der Waals surface area contributed by atoms with E-state index in [4.69, 9.17) is 15.0 Å². The van der Waals surface area contributed by atoms with Crippen LogP contribution in [-0.2, 0) is 0 Å². The van der Waals surface area contributed by atoms with Gasteiger partial charge in [0.2, 0.25) is 0 Å². The number of nitro benzene ring substituents is 1. The number of hydrogen-bond donors (Lipinski definition) is 0. The van der Waals surface area contributed by atoms with Gasteiger partial charge in [-0.2, -0.15) is 0 Å². The van der Waals surface area contributed by atoms with Gasteiger partial charge in [0, 0.05) is 11.0 Å². The Morgan fingerprint density at radius 2 is 2.00 bits per heavy atom. The molecule has 0 radical (unpaired) electrons. The van der Waals surface area contributed by atoms with Gasteiger partial charge in [0.1, 0.15) is 18.9 Å². The molecule has 0 atom stereocenters. The molecule has 16 heavy (non-hydrogen) atoms. The summed E-state index contributed by atoms with van der Waals surface area (Å²) < 4.78 is 10.4. The highest BCUT2D eigenvalue weighted by molar-refractivity contribution is 5.65. The smallest absolute Gasteiger partial charge is 0.282 e. The highest BCUT2D eigenvalue weighted by atomic mass is 16.6. The Morgan fingerprint density at radius 1 is 1.38 bits per heavy atom. The second kappa shape index (κ2) is 3.95. The Kier molecular flexibility index (Phi) is 2.49. The summed E-state index contributed by atoms with van der Waals surface area (Å²) in [6, 6.07) is 2.49. The predicted octanol–water partition coefficient (Wildman–Crippen LogP) is 2.31. The Hall–Kier alpha value is -2.47. The number of rotatable bonds is 2. The molecule has 0 spiro atoms. The van der Waals surface area contributed by atoms with E-state index >= 15 is 0 Å². The number of fused-ring (bicyclic) bond motifs is 1. The van der Waals surface area contributed by atoms with Gasteiger partial charge >= 0.3 is 0 Å². The van der Waals surface area contributed by atoms with Crippen molar-refractivity contribution in [3.8, 4) is 11.5 Å². The van der Waals surface area contributed by atoms with Crippen LogP contribution >= 0.6 is 0 Å². The van der Waals surface area contributed by atoms with Crippen molar-refractivity contribution in [1.82, 2.24) is 0 Å². The lowest BCUT2D eigenvalue weighted by Crippen LogP contribution is -2.15. The first-order valence-electron chi connectivity index (χ1n) is 4.35. The third-order valence-electron chi connectivity index (χ3n) is 1.99. The molecule has 1 aliphatic rings. The molecule has 0 saturated heterocycles. The summed E-state index contributed by atoms with van der Waals surface area (Å²) in [5.41, 5.74) is 7.90. The van der Waals surface area contributed by atoms with E-state index in [2.05, 4.69) is 10.0 Å². The predicted molar refractivity (Wildman–Crippen MR) is 52.9 cm³/mol. The SMILES string of the molecule is [N-]=[N+]=Nc1cc2c(cc1[N+](=O)[O-])OCCO2. The van der Waals surface area contributed by atoms with E-state index in [0.29, 0.717) is 19.0 Å². The molecule has 1 heterocycles. The van der Waals surface area contributed by atoms with Crippen LogP contribution in [0.1, 0.15) is 0 Å². The molecule has 8 nitrogen and oxygen atoms in total. The minimum Gasteiger partial charge on any atom is -0.486 e. The third kappa shape index (κ3) is 1.69. The van der Waals surface area contributed by atoms with Crippen molar-refractivity contribution in [3.63, 3.8) is 0 Å². The lowest BCUT2D eigenvalue weighted by Gasteiger charge is -2.18. The number of ether oxygens (including phenoxy) is 2. The minimum atomic E-state index is -0.637. The number of azide groups is 1. The van der Waals surface area contributed by atoms with Gasteiger partial charge in [0.15, 0.2) is 11.5 Å². The van der Waals surface area contributed by atoms with Gasteiger partial charge in [-0.1, -0.05) is 5.11 Å². The minimum absolute atomic E-state index is 0.0863. The first kappa shape index (κ1) is 10.1. The third-order valence-corrected chi connectivity index (χ3v) is 1.99. The topological polar surface area (TPSA) is 110 Å². The van der Waals surface area contributed by atoms with E-state index in [-0.39, 0.29) is 17.1 Å². The maximum atomic E-state index is 10.7. The van der Waals surface area contributed by atoms with Crippen LogP contribution in [-0.4, -0.2) is 18.1 Å². The summed E-state index contributed by atoms with van der Waals surface area (Å²) in [5, 5.41) is 13.9. The van der Waals surface area contributed by atoms with E-state index < -0.39 is 4.92 Å². The van der Waals surface area contributed by atoms with Crippen LogP contribution in [0, 0.1) is 10.1 Å². The fraction of sp³-hybridized carbons (Fsp3) is 0.250. The number of benzene rings is 1. The molecular formula is C8H6N4O4. The summed E-state index contributed by atoms with van der Waals surface area (Å²) in [7, 11) is 0. The molecule has 0 aliphatic carbocycles. The monoisotopic (exact) mass is 222 g/mol. The Balaban J connectivity index is 2.58. The molecule has 1 aromatic carbocycles. The van der Waals surface area contributed by atoms with Crippen molar-refractivity contribution in [1.29, 1.82) is 0 Å². The molecule has 82 valence electrons. The molecule has 0 fully saturated rings. The van der Waals surface area contributed by atoms with Gasteiger partial charge in [-0.05, 0) is 5.53 Å². The normalized spacial score (nSPS) is 12.8. The van der Waals surface area contributed by atoms with E-state index in [1.54, 1.807) is 0 Å². The molecule has 0 amide bonds. The maximum absolute atomic E-state index is 10.7. The van der Waals surface area contributed by atoms with Gasteiger partial charge < -0.3 is 9.47 Å². The van der Waals surface area contributed by atoms with Crippen LogP contribution in [0.4, 0.5) is 11.4 Å². The highest BCUT2D eigenvalue weighted by Crippen LogP contribution is 2.40. The quantitative estimate of drug-likeness (QED) is 0.251. The highest BCUT2D eigenvalue weighted by Gasteiger charge is 2.21. The molecule has 0 N–H and O–H groups in total. The van der Waals surface area contributed by atoms with Gasteiger partial charge in [0.05, 0.1) is 11.0 Å². The van der Waals surface area contributed by atoms with Crippen molar-refractivity contribution in [2.75, 3.05) is 13.2 Å². The van der Waals surface area contributed by atoms with Crippen LogP contribution in [0.5, 0.6) is 11.5 Å². The average Bonchev–Trinajstić information content (AvgIpc) is 2.28. The van der Waals surface area contributed by atoms with Gasteiger partial charge in [0.25, 0.3) is 5.69 Å². The van der Waals surface area contributed by atoms with Crippen LogP contribution in [0.3, 0.4) is 0 Å². The average molecular weight is 222 g/mol.